The summed E-state index contributed by atoms with van der Waals surface area (Å²) in [6.07, 6.45) is 3.55. The Morgan fingerprint density at radius 1 is 1.19 bits per heavy atom. The molecular weight excluding hydrogens is 394 g/mol. The Hall–Kier alpha value is -2.14. The summed E-state index contributed by atoms with van der Waals surface area (Å²) in [5.41, 5.74) is 2.46. The van der Waals surface area contributed by atoms with Crippen LogP contribution in [-0.2, 0) is 9.53 Å². The predicted octanol–water partition coefficient (Wildman–Crippen LogP) is 5.15. The summed E-state index contributed by atoms with van der Waals surface area (Å²) in [7, 11) is 1.37. The van der Waals surface area contributed by atoms with Gasteiger partial charge in [-0.3, -0.25) is 4.79 Å². The van der Waals surface area contributed by atoms with Crippen molar-refractivity contribution < 1.29 is 14.3 Å². The molecule has 1 fully saturated rings. The molecular formula is C21H22BrNO3. The van der Waals surface area contributed by atoms with E-state index in [1.54, 1.807) is 12.1 Å². The fourth-order valence-electron chi connectivity index (χ4n) is 3.48. The number of Topliss-reactive ketones (excluding diaryl/α,β-unsaturated/α-hetero) is 1. The largest absolute Gasteiger partial charge is 0.465 e. The molecule has 1 N–H and O–H groups in total. The van der Waals surface area contributed by atoms with Crippen LogP contribution in [0.4, 0.5) is 5.69 Å². The fourth-order valence-corrected chi connectivity index (χ4v) is 3.88. The molecule has 0 aliphatic heterocycles. The minimum Gasteiger partial charge on any atom is -0.465 e. The number of ether oxygens (including phenoxy) is 1. The Kier molecular flexibility index (Phi) is 6.09. The van der Waals surface area contributed by atoms with Crippen LogP contribution in [0.1, 0.15) is 47.6 Å². The average Bonchev–Trinajstić information content (AvgIpc) is 2.66. The SMILES string of the molecule is COC(=O)c1ccc(C(Nc2cccc(Br)c2)C2CCCCC2=O)cc1. The number of hydrogen-bond acceptors (Lipinski definition) is 4. The predicted molar refractivity (Wildman–Crippen MR) is 105 cm³/mol. The molecule has 0 radical (unpaired) electrons. The second-order valence-electron chi connectivity index (χ2n) is 6.56. The second kappa shape index (κ2) is 8.49. The maximum absolute atomic E-state index is 12.6. The summed E-state index contributed by atoms with van der Waals surface area (Å²) in [6.45, 7) is 0. The second-order valence-corrected chi connectivity index (χ2v) is 7.48. The zero-order valence-corrected chi connectivity index (χ0v) is 16.3. The number of hydrogen-bond donors (Lipinski definition) is 1. The van der Waals surface area contributed by atoms with Gasteiger partial charge in [-0.2, -0.15) is 0 Å². The van der Waals surface area contributed by atoms with E-state index >= 15 is 0 Å². The first-order valence-electron chi connectivity index (χ1n) is 8.81. The minimum absolute atomic E-state index is 0.0632. The van der Waals surface area contributed by atoms with Crippen molar-refractivity contribution in [1.29, 1.82) is 0 Å². The van der Waals surface area contributed by atoms with Crippen LogP contribution in [0.25, 0.3) is 0 Å². The number of carbonyl (C=O) groups excluding carboxylic acids is 2. The molecule has 1 aliphatic carbocycles. The molecule has 4 nitrogen and oxygen atoms in total. The van der Waals surface area contributed by atoms with E-state index in [1.807, 2.05) is 36.4 Å². The lowest BCUT2D eigenvalue weighted by Crippen LogP contribution is -2.30. The highest BCUT2D eigenvalue weighted by atomic mass is 79.9. The van der Waals surface area contributed by atoms with E-state index in [9.17, 15) is 9.59 Å². The van der Waals surface area contributed by atoms with Crippen LogP contribution < -0.4 is 5.32 Å². The lowest BCUT2D eigenvalue weighted by molar-refractivity contribution is -0.125. The molecule has 3 rings (SSSR count). The van der Waals surface area contributed by atoms with Crippen molar-refractivity contribution in [1.82, 2.24) is 0 Å². The van der Waals surface area contributed by atoms with E-state index in [1.165, 1.54) is 7.11 Å². The maximum Gasteiger partial charge on any atom is 0.337 e. The van der Waals surface area contributed by atoms with E-state index < -0.39 is 0 Å². The molecule has 0 heterocycles. The summed E-state index contributed by atoms with van der Waals surface area (Å²) in [5, 5.41) is 3.53. The van der Waals surface area contributed by atoms with Gasteiger partial charge in [0.15, 0.2) is 0 Å². The zero-order valence-electron chi connectivity index (χ0n) is 14.7. The molecule has 2 unspecified atom stereocenters. The number of rotatable bonds is 5. The monoisotopic (exact) mass is 415 g/mol. The minimum atomic E-state index is -0.359. The number of nitrogens with one attached hydrogen (secondary N) is 1. The molecule has 0 amide bonds. The number of esters is 1. The first kappa shape index (κ1) is 18.6. The molecule has 2 atom stereocenters. The van der Waals surface area contributed by atoms with Crippen molar-refractivity contribution in [3.8, 4) is 0 Å². The van der Waals surface area contributed by atoms with Gasteiger partial charge in [-0.05, 0) is 48.7 Å². The van der Waals surface area contributed by atoms with Crippen LogP contribution in [0, 0.1) is 5.92 Å². The molecule has 0 spiro atoms. The number of halogens is 1. The molecule has 26 heavy (non-hydrogen) atoms. The van der Waals surface area contributed by atoms with Gasteiger partial charge in [-0.1, -0.05) is 40.5 Å². The molecule has 1 saturated carbocycles. The van der Waals surface area contributed by atoms with Crippen molar-refractivity contribution in [2.75, 3.05) is 12.4 Å². The van der Waals surface area contributed by atoms with Crippen molar-refractivity contribution in [2.24, 2.45) is 5.92 Å². The van der Waals surface area contributed by atoms with Crippen LogP contribution in [-0.4, -0.2) is 18.9 Å². The number of carbonyl (C=O) groups is 2. The lowest BCUT2D eigenvalue weighted by atomic mass is 9.80. The third kappa shape index (κ3) is 4.33. The highest BCUT2D eigenvalue weighted by molar-refractivity contribution is 9.10. The van der Waals surface area contributed by atoms with Crippen LogP contribution >= 0.6 is 15.9 Å². The van der Waals surface area contributed by atoms with Crippen molar-refractivity contribution in [2.45, 2.75) is 31.7 Å². The van der Waals surface area contributed by atoms with E-state index in [-0.39, 0.29) is 17.9 Å². The van der Waals surface area contributed by atoms with Gasteiger partial charge in [0.2, 0.25) is 0 Å². The summed E-state index contributed by atoms with van der Waals surface area (Å²) in [6, 6.07) is 15.1. The Bertz CT molecular complexity index is 788. The van der Waals surface area contributed by atoms with Crippen LogP contribution in [0.2, 0.25) is 0 Å². The van der Waals surface area contributed by atoms with Gasteiger partial charge in [0.1, 0.15) is 5.78 Å². The van der Waals surface area contributed by atoms with Crippen molar-refractivity contribution in [3.63, 3.8) is 0 Å². The number of ketones is 1. The van der Waals surface area contributed by atoms with Gasteiger partial charge >= 0.3 is 5.97 Å². The molecule has 136 valence electrons. The highest BCUT2D eigenvalue weighted by Crippen LogP contribution is 2.35. The molecule has 0 aromatic heterocycles. The fraction of sp³-hybridized carbons (Fsp3) is 0.333. The maximum atomic E-state index is 12.6. The van der Waals surface area contributed by atoms with Gasteiger partial charge in [0, 0.05) is 22.5 Å². The van der Waals surface area contributed by atoms with Gasteiger partial charge < -0.3 is 10.1 Å². The van der Waals surface area contributed by atoms with Crippen molar-refractivity contribution in [3.05, 3.63) is 64.1 Å². The van der Waals surface area contributed by atoms with E-state index in [4.69, 9.17) is 4.74 Å². The first-order chi connectivity index (χ1) is 12.6. The number of benzene rings is 2. The summed E-state index contributed by atoms with van der Waals surface area (Å²) < 4.78 is 5.75. The summed E-state index contributed by atoms with van der Waals surface area (Å²) in [5.74, 6) is -0.116. The standard InChI is InChI=1S/C21H22BrNO3/c1-26-21(25)15-11-9-14(10-12-15)20(18-7-2-3-8-19(18)24)23-17-6-4-5-16(22)13-17/h4-6,9-13,18,20,23H,2-3,7-8H2,1H3. The quantitative estimate of drug-likeness (QED) is 0.686. The number of methoxy groups -OCH3 is 1. The summed E-state index contributed by atoms with van der Waals surface area (Å²) >= 11 is 3.49. The van der Waals surface area contributed by atoms with Crippen LogP contribution in [0.15, 0.2) is 53.0 Å². The average molecular weight is 416 g/mol. The number of anilines is 1. The molecule has 0 bridgehead atoms. The zero-order chi connectivity index (χ0) is 18.5. The molecule has 2 aromatic rings. The lowest BCUT2D eigenvalue weighted by Gasteiger charge is -2.31. The van der Waals surface area contributed by atoms with Crippen LogP contribution in [0.3, 0.4) is 0 Å². The Morgan fingerprint density at radius 3 is 2.62 bits per heavy atom. The smallest absolute Gasteiger partial charge is 0.337 e. The molecule has 1 aliphatic rings. The van der Waals surface area contributed by atoms with Gasteiger partial charge in [-0.25, -0.2) is 4.79 Å². The molecule has 0 saturated heterocycles. The van der Waals surface area contributed by atoms with Crippen molar-refractivity contribution >= 4 is 33.4 Å². The third-order valence-corrected chi connectivity index (χ3v) is 5.34. The van der Waals surface area contributed by atoms with Crippen LogP contribution in [0.5, 0.6) is 0 Å². The summed E-state index contributed by atoms with van der Waals surface area (Å²) in [4.78, 5) is 24.2. The van der Waals surface area contributed by atoms with E-state index in [0.29, 0.717) is 17.8 Å². The van der Waals surface area contributed by atoms with E-state index in [2.05, 4.69) is 21.2 Å². The van der Waals surface area contributed by atoms with Gasteiger partial charge in [0.05, 0.1) is 18.7 Å². The molecule has 5 heteroatoms. The highest BCUT2D eigenvalue weighted by Gasteiger charge is 2.31. The first-order valence-corrected chi connectivity index (χ1v) is 9.61. The Labute approximate surface area is 162 Å². The molecule has 2 aromatic carbocycles. The topological polar surface area (TPSA) is 55.4 Å². The Balaban J connectivity index is 1.91. The normalized spacial score (nSPS) is 18.2. The Morgan fingerprint density at radius 2 is 1.96 bits per heavy atom. The third-order valence-electron chi connectivity index (χ3n) is 4.84. The van der Waals surface area contributed by atoms with Gasteiger partial charge in [-0.15, -0.1) is 0 Å². The van der Waals surface area contributed by atoms with Gasteiger partial charge in [0.25, 0.3) is 0 Å². The van der Waals surface area contributed by atoms with E-state index in [0.717, 1.165) is 35.0 Å².